The second kappa shape index (κ2) is 10.3. The van der Waals surface area contributed by atoms with Gasteiger partial charge in [-0.2, -0.15) is 0 Å². The molecule has 2 unspecified atom stereocenters. The molecular formula is C12H14O4Zn. The van der Waals surface area contributed by atoms with Gasteiger partial charge in [-0.3, -0.25) is 0 Å². The summed E-state index contributed by atoms with van der Waals surface area (Å²) < 4.78 is 9.69. The van der Waals surface area contributed by atoms with Crippen LogP contribution in [0.1, 0.15) is 0 Å². The average Bonchev–Trinajstić information content (AvgIpc) is 2.41. The molecule has 0 amide bonds. The summed E-state index contributed by atoms with van der Waals surface area (Å²) in [5, 5.41) is 20.1. The Morgan fingerprint density at radius 3 is 1.35 bits per heavy atom. The number of hydrogen-bond donors (Lipinski definition) is 0. The normalized spacial score (nSPS) is 23.9. The van der Waals surface area contributed by atoms with Crippen LogP contribution in [-0.2, 0) is 29.0 Å². The van der Waals surface area contributed by atoms with E-state index in [-0.39, 0.29) is 44.9 Å². The van der Waals surface area contributed by atoms with Crippen LogP contribution in [0.4, 0.5) is 0 Å². The second-order valence-corrected chi connectivity index (χ2v) is 3.11. The van der Waals surface area contributed by atoms with Gasteiger partial charge in [-0.1, -0.05) is 25.4 Å². The van der Waals surface area contributed by atoms with Crippen molar-refractivity contribution < 1.29 is 39.2 Å². The van der Waals surface area contributed by atoms with E-state index in [9.17, 15) is 10.2 Å². The Kier molecular flexibility index (Phi) is 9.73. The molecule has 0 fully saturated rings. The standard InChI is InChI=1S/2C6H7O2.Zn/c2*7-5-6-3-1-2-4-8-6;/h2*1-4,6H,5H2;/q2*-1;+2. The molecule has 5 heteroatoms. The van der Waals surface area contributed by atoms with Crippen LogP contribution in [0.2, 0.25) is 0 Å². The third-order valence-electron chi connectivity index (χ3n) is 1.87. The van der Waals surface area contributed by atoms with Crippen LogP contribution in [0, 0.1) is 0 Å². The Morgan fingerprint density at radius 1 is 0.765 bits per heavy atom. The van der Waals surface area contributed by atoms with Crippen LogP contribution in [0.15, 0.2) is 49.0 Å². The van der Waals surface area contributed by atoms with E-state index in [1.807, 2.05) is 12.2 Å². The summed E-state index contributed by atoms with van der Waals surface area (Å²) in [7, 11) is 0. The molecule has 0 radical (unpaired) electrons. The molecule has 4 nitrogen and oxygen atoms in total. The van der Waals surface area contributed by atoms with Gasteiger partial charge in [0, 0.05) is 0 Å². The SMILES string of the molecule is [O-]CC1C=CC=CO1.[O-]CC1C=CC=CO1.[Zn+2]. The van der Waals surface area contributed by atoms with Crippen molar-refractivity contribution in [3.8, 4) is 0 Å². The summed E-state index contributed by atoms with van der Waals surface area (Å²) in [6.45, 7) is -0.387. The summed E-state index contributed by atoms with van der Waals surface area (Å²) in [6, 6.07) is 0. The third kappa shape index (κ3) is 7.11. The molecule has 0 N–H and O–H groups in total. The molecule has 2 heterocycles. The maximum atomic E-state index is 10.1. The van der Waals surface area contributed by atoms with E-state index in [0.29, 0.717) is 0 Å². The molecule has 0 saturated carbocycles. The minimum Gasteiger partial charge on any atom is -0.852 e. The van der Waals surface area contributed by atoms with Crippen molar-refractivity contribution in [2.45, 2.75) is 12.2 Å². The van der Waals surface area contributed by atoms with Crippen molar-refractivity contribution >= 4 is 0 Å². The van der Waals surface area contributed by atoms with Crippen LogP contribution in [0.5, 0.6) is 0 Å². The van der Waals surface area contributed by atoms with Crippen LogP contribution < -0.4 is 10.2 Å². The molecule has 0 aromatic carbocycles. The monoisotopic (exact) mass is 286 g/mol. The molecular weight excluding hydrogens is 274 g/mol. The molecule has 2 aliphatic heterocycles. The maximum Gasteiger partial charge on any atom is 2.00 e. The fraction of sp³-hybridized carbons (Fsp3) is 0.333. The molecule has 0 aromatic heterocycles. The summed E-state index contributed by atoms with van der Waals surface area (Å²) >= 11 is 0. The quantitative estimate of drug-likeness (QED) is 0.650. The van der Waals surface area contributed by atoms with E-state index in [4.69, 9.17) is 9.47 Å². The van der Waals surface area contributed by atoms with Crippen molar-refractivity contribution in [2.24, 2.45) is 0 Å². The molecule has 88 valence electrons. The van der Waals surface area contributed by atoms with E-state index < -0.39 is 0 Å². The first-order valence-corrected chi connectivity index (χ1v) is 5.00. The number of rotatable bonds is 2. The van der Waals surface area contributed by atoms with Crippen molar-refractivity contribution in [1.82, 2.24) is 0 Å². The molecule has 2 aliphatic rings. The fourth-order valence-corrected chi connectivity index (χ4v) is 1.04. The largest absolute Gasteiger partial charge is 2.00 e. The Balaban J connectivity index is 0.000000284. The zero-order valence-corrected chi connectivity index (χ0v) is 12.5. The zero-order valence-electron chi connectivity index (χ0n) is 9.53. The molecule has 0 aromatic rings. The van der Waals surface area contributed by atoms with Gasteiger partial charge in [0.2, 0.25) is 0 Å². The van der Waals surface area contributed by atoms with Gasteiger partial charge in [0.25, 0.3) is 0 Å². The van der Waals surface area contributed by atoms with Gasteiger partial charge in [0.15, 0.2) is 0 Å². The second-order valence-electron chi connectivity index (χ2n) is 3.11. The Hall–Kier alpha value is -0.897. The van der Waals surface area contributed by atoms with E-state index in [2.05, 4.69) is 0 Å². The minimum absolute atomic E-state index is 0. The van der Waals surface area contributed by atoms with Gasteiger partial charge in [0.05, 0.1) is 12.5 Å². The molecule has 0 saturated heterocycles. The average molecular weight is 288 g/mol. The Bertz CT molecular complexity index is 267. The van der Waals surface area contributed by atoms with Gasteiger partial charge in [-0.25, -0.2) is 0 Å². The van der Waals surface area contributed by atoms with E-state index >= 15 is 0 Å². The predicted octanol–water partition coefficient (Wildman–Crippen LogP) is -0.372. The maximum absolute atomic E-state index is 10.1. The smallest absolute Gasteiger partial charge is 0.852 e. The fourth-order valence-electron chi connectivity index (χ4n) is 1.04. The summed E-state index contributed by atoms with van der Waals surface area (Å²) in [5.74, 6) is 0. The predicted molar refractivity (Wildman–Crippen MR) is 56.0 cm³/mol. The van der Waals surface area contributed by atoms with Crippen molar-refractivity contribution in [3.05, 3.63) is 49.0 Å². The van der Waals surface area contributed by atoms with Gasteiger partial charge in [-0.15, -0.1) is 0 Å². The number of ether oxygens (including phenoxy) is 2. The van der Waals surface area contributed by atoms with Gasteiger partial charge in [0.1, 0.15) is 12.2 Å². The van der Waals surface area contributed by atoms with Gasteiger partial charge >= 0.3 is 19.5 Å². The first kappa shape index (κ1) is 16.1. The van der Waals surface area contributed by atoms with Crippen molar-refractivity contribution in [1.29, 1.82) is 0 Å². The summed E-state index contributed by atoms with van der Waals surface area (Å²) in [6.07, 6.45) is 13.2. The number of hydrogen-bond acceptors (Lipinski definition) is 4. The number of allylic oxidation sites excluding steroid dienone is 4. The Labute approximate surface area is 114 Å². The van der Waals surface area contributed by atoms with Crippen molar-refractivity contribution in [2.75, 3.05) is 13.2 Å². The summed E-state index contributed by atoms with van der Waals surface area (Å²) in [4.78, 5) is 0. The van der Waals surface area contributed by atoms with E-state index in [0.717, 1.165) is 0 Å². The van der Waals surface area contributed by atoms with E-state index in [1.165, 1.54) is 12.5 Å². The molecule has 0 bridgehead atoms. The van der Waals surface area contributed by atoms with Crippen molar-refractivity contribution in [3.63, 3.8) is 0 Å². The van der Waals surface area contributed by atoms with Crippen LogP contribution in [0.25, 0.3) is 0 Å². The molecule has 2 rings (SSSR count). The van der Waals surface area contributed by atoms with Crippen LogP contribution in [-0.4, -0.2) is 25.4 Å². The first-order valence-electron chi connectivity index (χ1n) is 5.00. The van der Waals surface area contributed by atoms with Crippen LogP contribution >= 0.6 is 0 Å². The zero-order chi connectivity index (χ0) is 11.6. The topological polar surface area (TPSA) is 64.6 Å². The van der Waals surface area contributed by atoms with E-state index in [1.54, 1.807) is 24.3 Å². The molecule has 17 heavy (non-hydrogen) atoms. The summed E-state index contributed by atoms with van der Waals surface area (Å²) in [5.41, 5.74) is 0. The molecule has 2 atom stereocenters. The minimum atomic E-state index is -0.236. The molecule has 0 aliphatic carbocycles. The van der Waals surface area contributed by atoms with Gasteiger partial charge in [-0.05, 0) is 24.3 Å². The van der Waals surface area contributed by atoms with Crippen LogP contribution in [0.3, 0.4) is 0 Å². The van der Waals surface area contributed by atoms with Gasteiger partial charge < -0.3 is 19.7 Å². The third-order valence-corrected chi connectivity index (χ3v) is 1.87. The molecule has 0 spiro atoms. The first-order chi connectivity index (χ1) is 7.86. The Morgan fingerprint density at radius 2 is 1.18 bits per heavy atom.